The zero-order valence-corrected chi connectivity index (χ0v) is 16.1. The minimum absolute atomic E-state index is 0.137. The lowest BCUT2D eigenvalue weighted by atomic mass is 10.0. The van der Waals surface area contributed by atoms with E-state index in [2.05, 4.69) is 30.4 Å². The smallest absolute Gasteiger partial charge is 0.341 e. The van der Waals surface area contributed by atoms with Crippen molar-refractivity contribution in [3.05, 3.63) is 59.2 Å². The van der Waals surface area contributed by atoms with E-state index in [1.54, 1.807) is 24.3 Å². The quantitative estimate of drug-likeness (QED) is 0.511. The number of aliphatic carboxylic acids is 1. The van der Waals surface area contributed by atoms with Gasteiger partial charge in [-0.3, -0.25) is 4.79 Å². The molecule has 0 saturated carbocycles. The number of hydrazone groups is 1. The van der Waals surface area contributed by atoms with Crippen LogP contribution in [0.25, 0.3) is 0 Å². The van der Waals surface area contributed by atoms with Crippen LogP contribution >= 0.6 is 0 Å². The van der Waals surface area contributed by atoms with Crippen LogP contribution < -0.4 is 14.9 Å². The minimum atomic E-state index is -1.04. The highest BCUT2D eigenvalue weighted by atomic mass is 16.5. The molecule has 0 aromatic heterocycles. The highest BCUT2D eigenvalue weighted by molar-refractivity contribution is 5.83. The molecule has 0 heterocycles. The van der Waals surface area contributed by atoms with Crippen molar-refractivity contribution in [3.63, 3.8) is 0 Å². The number of carboxylic acid groups (broad SMARTS) is 1. The topological polar surface area (TPSA) is 97.2 Å². The van der Waals surface area contributed by atoms with Gasteiger partial charge < -0.3 is 14.6 Å². The van der Waals surface area contributed by atoms with Gasteiger partial charge in [0.1, 0.15) is 11.5 Å². The molecule has 2 rings (SSSR count). The highest BCUT2D eigenvalue weighted by Gasteiger charge is 2.07. The van der Waals surface area contributed by atoms with Crippen LogP contribution in [0.1, 0.15) is 36.5 Å². The standard InChI is InChI=1S/C21H24N2O5/c1-14(2)17-7-4-15(3)19(10-17)28-12-20(24)23-22-11-16-5-8-18(9-6-16)27-13-21(25)26/h4-11,14H,12-13H2,1-3H3,(H,23,24)(H,25,26)/b22-11+. The first-order valence-electron chi connectivity index (χ1n) is 8.85. The molecule has 148 valence electrons. The number of rotatable bonds is 9. The van der Waals surface area contributed by atoms with E-state index in [1.807, 2.05) is 19.1 Å². The average molecular weight is 384 g/mol. The number of nitrogens with zero attached hydrogens (tertiary/aromatic N) is 1. The molecule has 7 nitrogen and oxygen atoms in total. The summed E-state index contributed by atoms with van der Waals surface area (Å²) >= 11 is 0. The van der Waals surface area contributed by atoms with Gasteiger partial charge in [0.25, 0.3) is 5.91 Å². The first-order valence-corrected chi connectivity index (χ1v) is 8.85. The first-order chi connectivity index (χ1) is 13.3. The average Bonchev–Trinajstić information content (AvgIpc) is 2.66. The number of amides is 1. The molecule has 0 radical (unpaired) electrons. The number of hydrogen-bond donors (Lipinski definition) is 2. The van der Waals surface area contributed by atoms with Gasteiger partial charge in [-0.15, -0.1) is 0 Å². The fourth-order valence-electron chi connectivity index (χ4n) is 2.28. The molecule has 0 atom stereocenters. The molecule has 2 aromatic carbocycles. The van der Waals surface area contributed by atoms with Gasteiger partial charge in [0.2, 0.25) is 0 Å². The maximum atomic E-state index is 11.9. The maximum Gasteiger partial charge on any atom is 0.341 e. The van der Waals surface area contributed by atoms with Gasteiger partial charge in [0, 0.05) is 0 Å². The molecule has 0 bridgehead atoms. The van der Waals surface area contributed by atoms with Crippen LogP contribution in [0.15, 0.2) is 47.6 Å². The third-order valence-corrected chi connectivity index (χ3v) is 3.88. The predicted octanol–water partition coefficient (Wildman–Crippen LogP) is 3.11. The summed E-state index contributed by atoms with van der Waals surface area (Å²) in [5.41, 5.74) is 5.25. The Bertz CT molecular complexity index is 844. The van der Waals surface area contributed by atoms with E-state index >= 15 is 0 Å². The van der Waals surface area contributed by atoms with Gasteiger partial charge in [-0.2, -0.15) is 5.10 Å². The molecule has 0 saturated heterocycles. The van der Waals surface area contributed by atoms with Crippen molar-refractivity contribution < 1.29 is 24.2 Å². The number of benzene rings is 2. The summed E-state index contributed by atoms with van der Waals surface area (Å²) in [6.45, 7) is 5.59. The fourth-order valence-corrected chi connectivity index (χ4v) is 2.28. The zero-order valence-electron chi connectivity index (χ0n) is 16.1. The molecular formula is C21H24N2O5. The second kappa shape index (κ2) is 10.1. The van der Waals surface area contributed by atoms with E-state index in [0.717, 1.165) is 16.7 Å². The molecule has 0 aliphatic heterocycles. The summed E-state index contributed by atoms with van der Waals surface area (Å²) < 4.78 is 10.6. The van der Waals surface area contributed by atoms with Crippen molar-refractivity contribution in [2.45, 2.75) is 26.7 Å². The van der Waals surface area contributed by atoms with Crippen LogP contribution in [0, 0.1) is 6.92 Å². The Morgan fingerprint density at radius 3 is 2.46 bits per heavy atom. The van der Waals surface area contributed by atoms with Crippen molar-refractivity contribution in [1.82, 2.24) is 5.43 Å². The van der Waals surface area contributed by atoms with E-state index in [0.29, 0.717) is 17.4 Å². The number of carbonyl (C=O) groups is 2. The maximum absolute atomic E-state index is 11.9. The van der Waals surface area contributed by atoms with Gasteiger partial charge >= 0.3 is 5.97 Å². The van der Waals surface area contributed by atoms with Crippen LogP contribution in [0.5, 0.6) is 11.5 Å². The van der Waals surface area contributed by atoms with E-state index in [4.69, 9.17) is 14.6 Å². The largest absolute Gasteiger partial charge is 0.483 e. The van der Waals surface area contributed by atoms with Gasteiger partial charge in [-0.05, 0) is 59.9 Å². The Kier molecular flexibility index (Phi) is 7.56. The van der Waals surface area contributed by atoms with E-state index < -0.39 is 12.6 Å². The molecule has 2 aromatic rings. The Balaban J connectivity index is 1.82. The Hall–Kier alpha value is -3.35. The van der Waals surface area contributed by atoms with Gasteiger partial charge in [-0.25, -0.2) is 10.2 Å². The molecule has 1 amide bonds. The Labute approximate surface area is 164 Å². The lowest BCUT2D eigenvalue weighted by Crippen LogP contribution is -2.24. The van der Waals surface area contributed by atoms with E-state index in [9.17, 15) is 9.59 Å². The Morgan fingerprint density at radius 2 is 1.82 bits per heavy atom. The molecule has 7 heteroatoms. The number of nitrogens with one attached hydrogen (secondary N) is 1. The van der Waals surface area contributed by atoms with Crippen LogP contribution in [0.3, 0.4) is 0 Å². The summed E-state index contributed by atoms with van der Waals surface area (Å²) in [5, 5.41) is 12.5. The van der Waals surface area contributed by atoms with Crippen LogP contribution in [0.4, 0.5) is 0 Å². The summed E-state index contributed by atoms with van der Waals surface area (Å²) in [7, 11) is 0. The summed E-state index contributed by atoms with van der Waals surface area (Å²) in [5.74, 6) is 0.0919. The van der Waals surface area contributed by atoms with Crippen molar-refractivity contribution in [1.29, 1.82) is 0 Å². The molecular weight excluding hydrogens is 360 g/mol. The summed E-state index contributed by atoms with van der Waals surface area (Å²) in [6, 6.07) is 12.6. The molecule has 2 N–H and O–H groups in total. The van der Waals surface area contributed by atoms with Crippen LogP contribution in [-0.2, 0) is 9.59 Å². The summed E-state index contributed by atoms with van der Waals surface area (Å²) in [4.78, 5) is 22.4. The zero-order chi connectivity index (χ0) is 20.5. The van der Waals surface area contributed by atoms with Gasteiger partial charge in [0.15, 0.2) is 13.2 Å². The number of carboxylic acids is 1. The first kappa shape index (κ1) is 21.0. The third-order valence-electron chi connectivity index (χ3n) is 3.88. The van der Waals surface area contributed by atoms with Crippen LogP contribution in [-0.4, -0.2) is 36.4 Å². The normalized spacial score (nSPS) is 10.9. The van der Waals surface area contributed by atoms with Crippen molar-refractivity contribution in [3.8, 4) is 11.5 Å². The molecule has 28 heavy (non-hydrogen) atoms. The molecule has 0 fully saturated rings. The van der Waals surface area contributed by atoms with Crippen LogP contribution in [0.2, 0.25) is 0 Å². The SMILES string of the molecule is Cc1ccc(C(C)C)cc1OCC(=O)N/N=C/c1ccc(OCC(=O)O)cc1. The van der Waals surface area contributed by atoms with Crippen molar-refractivity contribution >= 4 is 18.1 Å². The number of ether oxygens (including phenoxy) is 2. The Morgan fingerprint density at radius 1 is 1.11 bits per heavy atom. The van der Waals surface area contributed by atoms with Gasteiger partial charge in [-0.1, -0.05) is 26.0 Å². The highest BCUT2D eigenvalue weighted by Crippen LogP contribution is 2.24. The lowest BCUT2D eigenvalue weighted by molar-refractivity contribution is -0.139. The van der Waals surface area contributed by atoms with Gasteiger partial charge in [0.05, 0.1) is 6.21 Å². The lowest BCUT2D eigenvalue weighted by Gasteiger charge is -2.12. The fraction of sp³-hybridized carbons (Fsp3) is 0.286. The molecule has 0 aliphatic rings. The minimum Gasteiger partial charge on any atom is -0.483 e. The third kappa shape index (κ3) is 6.75. The summed E-state index contributed by atoms with van der Waals surface area (Å²) in [6.07, 6.45) is 1.48. The predicted molar refractivity (Wildman–Crippen MR) is 106 cm³/mol. The molecule has 0 aliphatic carbocycles. The van der Waals surface area contributed by atoms with Crippen molar-refractivity contribution in [2.24, 2.45) is 5.10 Å². The number of hydrogen-bond acceptors (Lipinski definition) is 5. The number of aryl methyl sites for hydroxylation is 1. The monoisotopic (exact) mass is 384 g/mol. The molecule has 0 spiro atoms. The van der Waals surface area contributed by atoms with E-state index in [-0.39, 0.29) is 12.5 Å². The second-order valence-electron chi connectivity index (χ2n) is 6.51. The molecule has 0 unspecified atom stereocenters. The number of carbonyl (C=O) groups excluding carboxylic acids is 1. The second-order valence-corrected chi connectivity index (χ2v) is 6.51. The van der Waals surface area contributed by atoms with Crippen molar-refractivity contribution in [2.75, 3.05) is 13.2 Å². The van der Waals surface area contributed by atoms with E-state index in [1.165, 1.54) is 6.21 Å².